The van der Waals surface area contributed by atoms with Gasteiger partial charge in [0, 0.05) is 25.6 Å². The average molecular weight is 259 g/mol. The molecule has 0 spiro atoms. The number of carbonyl (C=O) groups excluding carboxylic acids is 1. The van der Waals surface area contributed by atoms with Gasteiger partial charge in [0.2, 0.25) is 5.91 Å². The fraction of sp³-hybridized carbons (Fsp3) is 0.818. The predicted molar refractivity (Wildman–Crippen MR) is 70.9 cm³/mol. The van der Waals surface area contributed by atoms with Crippen LogP contribution in [0.5, 0.6) is 0 Å². The molecule has 1 rings (SSSR count). The lowest BCUT2D eigenvalue weighted by Crippen LogP contribution is -2.55. The maximum atomic E-state index is 12.0. The molecule has 0 aromatic carbocycles. The van der Waals surface area contributed by atoms with Crippen molar-refractivity contribution in [3.63, 3.8) is 0 Å². The van der Waals surface area contributed by atoms with E-state index in [1.165, 1.54) is 0 Å². The molecule has 0 aliphatic carbocycles. The minimum atomic E-state index is -0.222. The second-order valence-electron chi connectivity index (χ2n) is 4.51. The number of carbonyl (C=O) groups is 1. The van der Waals surface area contributed by atoms with Gasteiger partial charge < -0.3 is 15.8 Å². The van der Waals surface area contributed by atoms with E-state index in [0.717, 1.165) is 13.1 Å². The highest BCUT2D eigenvalue weighted by Gasteiger charge is 2.29. The summed E-state index contributed by atoms with van der Waals surface area (Å²) in [6.45, 7) is 6.45. The maximum Gasteiger partial charge on any atom is 0.239 e. The molecule has 1 saturated heterocycles. The number of ether oxygens (including phenoxy) is 1. The van der Waals surface area contributed by atoms with Gasteiger partial charge in [0.25, 0.3) is 0 Å². The standard InChI is InChI=1S/C11H21N3O2S/c1-8(2)13-11(15)9-7-16-6-5-14(9)4-3-10(12)17/h8-9H,3-7H2,1-2H3,(H2,12,17)(H,13,15). The Morgan fingerprint density at radius 3 is 2.94 bits per heavy atom. The molecular formula is C11H21N3O2S. The smallest absolute Gasteiger partial charge is 0.239 e. The second-order valence-corrected chi connectivity index (χ2v) is 5.03. The van der Waals surface area contributed by atoms with E-state index in [2.05, 4.69) is 10.2 Å². The molecular weight excluding hydrogens is 238 g/mol. The van der Waals surface area contributed by atoms with Crippen LogP contribution in [0.3, 0.4) is 0 Å². The number of nitrogens with zero attached hydrogens (tertiary/aromatic N) is 1. The van der Waals surface area contributed by atoms with Gasteiger partial charge in [-0.05, 0) is 13.8 Å². The number of hydrogen-bond acceptors (Lipinski definition) is 4. The molecule has 17 heavy (non-hydrogen) atoms. The van der Waals surface area contributed by atoms with Gasteiger partial charge >= 0.3 is 0 Å². The van der Waals surface area contributed by atoms with E-state index < -0.39 is 0 Å². The van der Waals surface area contributed by atoms with E-state index in [1.54, 1.807) is 0 Å². The van der Waals surface area contributed by atoms with Crippen LogP contribution in [0.2, 0.25) is 0 Å². The summed E-state index contributed by atoms with van der Waals surface area (Å²) in [7, 11) is 0. The van der Waals surface area contributed by atoms with Crippen LogP contribution < -0.4 is 11.1 Å². The minimum Gasteiger partial charge on any atom is -0.393 e. The van der Waals surface area contributed by atoms with E-state index in [-0.39, 0.29) is 18.0 Å². The third kappa shape index (κ3) is 4.97. The lowest BCUT2D eigenvalue weighted by molar-refractivity contribution is -0.132. The van der Waals surface area contributed by atoms with Crippen molar-refractivity contribution in [3.8, 4) is 0 Å². The highest BCUT2D eigenvalue weighted by molar-refractivity contribution is 7.80. The summed E-state index contributed by atoms with van der Waals surface area (Å²) >= 11 is 4.86. The molecule has 1 unspecified atom stereocenters. The number of morpholine rings is 1. The lowest BCUT2D eigenvalue weighted by Gasteiger charge is -2.34. The number of hydrogen-bond donors (Lipinski definition) is 2. The Labute approximate surface area is 108 Å². The van der Waals surface area contributed by atoms with Crippen molar-refractivity contribution in [2.75, 3.05) is 26.3 Å². The molecule has 0 bridgehead atoms. The van der Waals surface area contributed by atoms with Gasteiger partial charge in [0.15, 0.2) is 0 Å². The van der Waals surface area contributed by atoms with Crippen molar-refractivity contribution in [3.05, 3.63) is 0 Å². The van der Waals surface area contributed by atoms with Crippen molar-refractivity contribution in [2.24, 2.45) is 5.73 Å². The molecule has 0 aromatic heterocycles. The monoisotopic (exact) mass is 259 g/mol. The van der Waals surface area contributed by atoms with Crippen molar-refractivity contribution in [1.29, 1.82) is 0 Å². The summed E-state index contributed by atoms with van der Waals surface area (Å²) < 4.78 is 5.36. The largest absolute Gasteiger partial charge is 0.393 e. The Morgan fingerprint density at radius 1 is 1.65 bits per heavy atom. The Hall–Kier alpha value is -0.720. The van der Waals surface area contributed by atoms with Crippen LogP contribution >= 0.6 is 12.2 Å². The third-order valence-electron chi connectivity index (χ3n) is 2.62. The van der Waals surface area contributed by atoms with Crippen LogP contribution in [0.4, 0.5) is 0 Å². The van der Waals surface area contributed by atoms with E-state index in [9.17, 15) is 4.79 Å². The molecule has 5 nitrogen and oxygen atoms in total. The zero-order valence-corrected chi connectivity index (χ0v) is 11.3. The van der Waals surface area contributed by atoms with Crippen LogP contribution in [0.1, 0.15) is 20.3 Å². The summed E-state index contributed by atoms with van der Waals surface area (Å²) in [5.74, 6) is 0.0163. The fourth-order valence-electron chi connectivity index (χ4n) is 1.78. The van der Waals surface area contributed by atoms with Crippen LogP contribution in [0, 0.1) is 0 Å². The van der Waals surface area contributed by atoms with E-state index in [4.69, 9.17) is 22.7 Å². The topological polar surface area (TPSA) is 67.6 Å². The van der Waals surface area contributed by atoms with Gasteiger partial charge in [-0.1, -0.05) is 12.2 Å². The summed E-state index contributed by atoms with van der Waals surface area (Å²) in [6, 6.07) is -0.0811. The summed E-state index contributed by atoms with van der Waals surface area (Å²) in [6.07, 6.45) is 0.640. The molecule has 0 aromatic rings. The fourth-order valence-corrected chi connectivity index (χ4v) is 1.87. The minimum absolute atomic E-state index is 0.0163. The van der Waals surface area contributed by atoms with Gasteiger partial charge in [-0.3, -0.25) is 9.69 Å². The number of nitrogens with two attached hydrogens (primary N) is 1. The van der Waals surface area contributed by atoms with Crippen LogP contribution in [-0.2, 0) is 9.53 Å². The molecule has 1 atom stereocenters. The average Bonchev–Trinajstić information content (AvgIpc) is 2.25. The first-order valence-corrected chi connectivity index (χ1v) is 6.32. The Bertz CT molecular complexity index is 284. The molecule has 1 aliphatic heterocycles. The number of rotatable bonds is 5. The molecule has 98 valence electrons. The van der Waals surface area contributed by atoms with Crippen LogP contribution in [-0.4, -0.2) is 54.2 Å². The Morgan fingerprint density at radius 2 is 2.35 bits per heavy atom. The van der Waals surface area contributed by atoms with Crippen LogP contribution in [0.15, 0.2) is 0 Å². The summed E-state index contributed by atoms with van der Waals surface area (Å²) in [5.41, 5.74) is 5.48. The van der Waals surface area contributed by atoms with Crippen molar-refractivity contribution < 1.29 is 9.53 Å². The van der Waals surface area contributed by atoms with Gasteiger partial charge in [0.05, 0.1) is 18.2 Å². The van der Waals surface area contributed by atoms with Crippen molar-refractivity contribution in [1.82, 2.24) is 10.2 Å². The highest BCUT2D eigenvalue weighted by atomic mass is 32.1. The molecule has 1 aliphatic rings. The molecule has 1 amide bonds. The third-order valence-corrected chi connectivity index (χ3v) is 2.82. The normalized spacial score (nSPS) is 21.5. The first kappa shape index (κ1) is 14.3. The van der Waals surface area contributed by atoms with Crippen LogP contribution in [0.25, 0.3) is 0 Å². The predicted octanol–water partition coefficient (Wildman–Crippen LogP) is -0.112. The van der Waals surface area contributed by atoms with E-state index in [0.29, 0.717) is 24.6 Å². The first-order chi connectivity index (χ1) is 8.00. The zero-order valence-electron chi connectivity index (χ0n) is 10.4. The molecule has 0 radical (unpaired) electrons. The SMILES string of the molecule is CC(C)NC(=O)C1COCCN1CCC(N)=S. The second kappa shape index (κ2) is 6.88. The van der Waals surface area contributed by atoms with E-state index in [1.807, 2.05) is 13.8 Å². The van der Waals surface area contributed by atoms with Gasteiger partial charge in [-0.25, -0.2) is 0 Å². The Kier molecular flexibility index (Phi) is 5.80. The zero-order chi connectivity index (χ0) is 12.8. The summed E-state index contributed by atoms with van der Waals surface area (Å²) in [5, 5.41) is 2.91. The highest BCUT2D eigenvalue weighted by Crippen LogP contribution is 2.08. The number of thiocarbonyl (C=S) groups is 1. The molecule has 6 heteroatoms. The maximum absolute atomic E-state index is 12.0. The van der Waals surface area contributed by atoms with E-state index >= 15 is 0 Å². The van der Waals surface area contributed by atoms with Gasteiger partial charge in [-0.15, -0.1) is 0 Å². The molecule has 1 heterocycles. The van der Waals surface area contributed by atoms with Crippen molar-refractivity contribution in [2.45, 2.75) is 32.4 Å². The quantitative estimate of drug-likeness (QED) is 0.674. The van der Waals surface area contributed by atoms with Gasteiger partial charge in [-0.2, -0.15) is 0 Å². The first-order valence-electron chi connectivity index (χ1n) is 5.91. The van der Waals surface area contributed by atoms with Gasteiger partial charge in [0.1, 0.15) is 6.04 Å². The summed E-state index contributed by atoms with van der Waals surface area (Å²) in [4.78, 5) is 14.5. The molecule has 1 fully saturated rings. The number of nitrogens with one attached hydrogen (secondary N) is 1. The molecule has 3 N–H and O–H groups in total. The number of amides is 1. The Balaban J connectivity index is 2.52. The van der Waals surface area contributed by atoms with Crippen molar-refractivity contribution >= 4 is 23.1 Å². The molecule has 0 saturated carbocycles. The lowest BCUT2D eigenvalue weighted by atomic mass is 10.2.